The van der Waals surface area contributed by atoms with Crippen LogP contribution in [0.25, 0.3) is 11.0 Å². The fourth-order valence-corrected chi connectivity index (χ4v) is 6.99. The van der Waals surface area contributed by atoms with Gasteiger partial charge in [0.15, 0.2) is 6.23 Å². The van der Waals surface area contributed by atoms with Gasteiger partial charge in [0.05, 0.1) is 62.5 Å². The first kappa shape index (κ1) is 46.2. The molecular formula is C35H56ClN4O15P. The number of hydrogen-bond donors (Lipinski definition) is 3. The van der Waals surface area contributed by atoms with Gasteiger partial charge in [-0.1, -0.05) is 12.8 Å². The Morgan fingerprint density at radius 2 is 1.48 bits per heavy atom. The van der Waals surface area contributed by atoms with Crippen LogP contribution in [0.3, 0.4) is 0 Å². The largest absolute Gasteiger partial charge is 0.437 e. The number of carbonyl (C=O) groups excluding carboxylic acids is 2. The molecule has 1 saturated heterocycles. The van der Waals surface area contributed by atoms with E-state index >= 15 is 0 Å². The van der Waals surface area contributed by atoms with E-state index in [4.69, 9.17) is 58.5 Å². The lowest BCUT2D eigenvalue weighted by molar-refractivity contribution is -0.167. The van der Waals surface area contributed by atoms with Gasteiger partial charge in [0.2, 0.25) is 18.9 Å². The summed E-state index contributed by atoms with van der Waals surface area (Å²) in [5, 5.41) is 26.1. The Kier molecular flexibility index (Phi) is 17.7. The highest BCUT2D eigenvalue weighted by Gasteiger charge is 2.45. The van der Waals surface area contributed by atoms with Crippen molar-refractivity contribution in [3.8, 4) is 0 Å². The second-order valence-electron chi connectivity index (χ2n) is 14.8. The molecule has 3 N–H and O–H groups in total. The molecule has 4 atom stereocenters. The summed E-state index contributed by atoms with van der Waals surface area (Å²) in [6.07, 6.45) is 0.108. The SMILES string of the molecule is COCCOCC(C)(C)C(=O)OCOP(=O)(COCC1O[C@@H](n2ccc3c(NC4CCCC4)nc(Cl)nc32)[C@H](O)[C@@H]1O)OCOC(=O)C(C)(C)COCCOC. The normalized spacial score (nSPS) is 20.9. The minimum atomic E-state index is -4.32. The number of nitrogens with one attached hydrogen (secondary N) is 1. The van der Waals surface area contributed by atoms with Gasteiger partial charge in [0.25, 0.3) is 0 Å². The minimum Gasteiger partial charge on any atom is -0.437 e. The number of anilines is 1. The molecule has 0 aromatic carbocycles. The predicted molar refractivity (Wildman–Crippen MR) is 200 cm³/mol. The summed E-state index contributed by atoms with van der Waals surface area (Å²) in [5.74, 6) is -0.863. The third-order valence-electron chi connectivity index (χ3n) is 9.16. The van der Waals surface area contributed by atoms with E-state index in [1.54, 1.807) is 44.5 Å². The average Bonchev–Trinajstić information content (AvgIpc) is 3.89. The monoisotopic (exact) mass is 838 g/mol. The van der Waals surface area contributed by atoms with Crippen LogP contribution in [0.5, 0.6) is 0 Å². The number of halogens is 1. The zero-order valence-electron chi connectivity index (χ0n) is 32.8. The Bertz CT molecular complexity index is 1560. The molecule has 0 radical (unpaired) electrons. The van der Waals surface area contributed by atoms with E-state index < -0.39 is 74.8 Å². The lowest BCUT2D eigenvalue weighted by Crippen LogP contribution is -2.34. The van der Waals surface area contributed by atoms with Gasteiger partial charge in [-0.05, 0) is 58.2 Å². The van der Waals surface area contributed by atoms with Gasteiger partial charge in [-0.15, -0.1) is 0 Å². The molecule has 2 fully saturated rings. The van der Waals surface area contributed by atoms with Crippen LogP contribution < -0.4 is 5.32 Å². The highest BCUT2D eigenvalue weighted by atomic mass is 35.5. The minimum absolute atomic E-state index is 0.00378. The van der Waals surface area contributed by atoms with Gasteiger partial charge < -0.3 is 58.0 Å². The number of fused-ring (bicyclic) bond motifs is 1. The van der Waals surface area contributed by atoms with Gasteiger partial charge in [0.1, 0.15) is 36.1 Å². The zero-order chi connectivity index (χ0) is 40.9. The molecule has 19 nitrogen and oxygen atoms in total. The summed E-state index contributed by atoms with van der Waals surface area (Å²) >= 11 is 6.29. The molecule has 2 aliphatic rings. The van der Waals surface area contributed by atoms with Crippen molar-refractivity contribution >= 4 is 48.0 Å². The first-order valence-electron chi connectivity index (χ1n) is 18.4. The maximum Gasteiger partial charge on any atom is 0.361 e. The molecule has 3 heterocycles. The van der Waals surface area contributed by atoms with E-state index in [1.807, 2.05) is 0 Å². The third-order valence-corrected chi connectivity index (χ3v) is 10.8. The number of rotatable bonds is 25. The van der Waals surface area contributed by atoms with E-state index in [0.717, 1.165) is 25.7 Å². The quantitative estimate of drug-likeness (QED) is 0.0426. The van der Waals surface area contributed by atoms with E-state index in [0.29, 0.717) is 30.1 Å². The Hall–Kier alpha value is -2.52. The number of nitrogens with zero attached hydrogens (tertiary/aromatic N) is 3. The molecule has 1 aliphatic carbocycles. The topological polar surface area (TPSA) is 227 Å². The van der Waals surface area contributed by atoms with Crippen LogP contribution in [0, 0.1) is 10.8 Å². The molecule has 0 amide bonds. The maximum absolute atomic E-state index is 13.8. The smallest absolute Gasteiger partial charge is 0.361 e. The molecule has 2 aromatic heterocycles. The van der Waals surface area contributed by atoms with Crippen molar-refractivity contribution < 1.29 is 71.3 Å². The van der Waals surface area contributed by atoms with Crippen LogP contribution in [-0.2, 0) is 61.1 Å². The lowest BCUT2D eigenvalue weighted by atomic mass is 9.95. The number of aliphatic hydroxyl groups excluding tert-OH is 2. The van der Waals surface area contributed by atoms with Crippen molar-refractivity contribution in [2.45, 2.75) is 84.0 Å². The molecule has 1 unspecified atom stereocenters. The highest BCUT2D eigenvalue weighted by Crippen LogP contribution is 2.48. The highest BCUT2D eigenvalue weighted by molar-refractivity contribution is 7.53. The molecule has 1 saturated carbocycles. The second kappa shape index (κ2) is 21.5. The molecule has 21 heteroatoms. The summed E-state index contributed by atoms with van der Waals surface area (Å²) in [4.78, 5) is 34.3. The number of carbonyl (C=O) groups is 2. The van der Waals surface area contributed by atoms with Gasteiger partial charge >= 0.3 is 19.5 Å². The molecule has 0 spiro atoms. The second-order valence-corrected chi connectivity index (χ2v) is 17.1. The standard InChI is InChI=1S/C35H56ClN4O15P/c1-34(2,18-48-15-13-46-5)31(43)51-20-53-56(45,54-21-52-32(44)35(3,4)19-49-16-14-47-6)22-50-17-25-26(41)27(42)30(55-25)40-12-11-24-28(37-23-9-7-8-10-23)38-33(36)39-29(24)40/h11-12,23,25-27,30,41-42H,7-10,13-22H2,1-6H3,(H,37,38,39)/t25?,26-,27-,30-/m1/s1. The van der Waals surface area contributed by atoms with E-state index in [2.05, 4.69) is 15.3 Å². The molecule has 4 rings (SSSR count). The van der Waals surface area contributed by atoms with E-state index in [9.17, 15) is 24.4 Å². The summed E-state index contributed by atoms with van der Waals surface area (Å²) < 4.78 is 69.1. The van der Waals surface area contributed by atoms with Crippen LogP contribution in [0.15, 0.2) is 12.3 Å². The fourth-order valence-electron chi connectivity index (χ4n) is 5.84. The van der Waals surface area contributed by atoms with E-state index in [1.165, 1.54) is 14.2 Å². The number of methoxy groups -OCH3 is 2. The summed E-state index contributed by atoms with van der Waals surface area (Å²) in [6.45, 7) is 5.63. The Labute approximate surface area is 331 Å². The number of aromatic nitrogens is 3. The van der Waals surface area contributed by atoms with Crippen molar-refractivity contribution in [1.82, 2.24) is 14.5 Å². The summed E-state index contributed by atoms with van der Waals surface area (Å²) in [5.41, 5.74) is -1.79. The lowest BCUT2D eigenvalue weighted by Gasteiger charge is -2.25. The molecular weight excluding hydrogens is 783 g/mol. The zero-order valence-corrected chi connectivity index (χ0v) is 34.5. The molecule has 56 heavy (non-hydrogen) atoms. The predicted octanol–water partition coefficient (Wildman–Crippen LogP) is 3.64. The third kappa shape index (κ3) is 13.0. The molecule has 318 valence electrons. The van der Waals surface area contributed by atoms with Crippen LogP contribution in [-0.4, -0.2) is 141 Å². The van der Waals surface area contributed by atoms with Gasteiger partial charge in [-0.25, -0.2) is 4.98 Å². The number of ether oxygens (including phenoxy) is 8. The fraction of sp³-hybridized carbons (Fsp3) is 0.771. The van der Waals surface area contributed by atoms with Crippen molar-refractivity contribution in [2.75, 3.05) is 85.7 Å². The maximum atomic E-state index is 13.8. The number of esters is 2. The molecule has 0 bridgehead atoms. The van der Waals surface area contributed by atoms with E-state index in [-0.39, 0.29) is 44.4 Å². The van der Waals surface area contributed by atoms with Crippen molar-refractivity contribution in [3.05, 3.63) is 17.5 Å². The molecule has 1 aliphatic heterocycles. The van der Waals surface area contributed by atoms with Crippen molar-refractivity contribution in [2.24, 2.45) is 10.8 Å². The van der Waals surface area contributed by atoms with Crippen LogP contribution in [0.4, 0.5) is 5.82 Å². The van der Waals surface area contributed by atoms with Gasteiger partial charge in [-0.2, -0.15) is 4.98 Å². The number of aliphatic hydroxyl groups is 2. The van der Waals surface area contributed by atoms with Crippen molar-refractivity contribution in [3.63, 3.8) is 0 Å². The first-order chi connectivity index (χ1) is 26.6. The Morgan fingerprint density at radius 3 is 2.04 bits per heavy atom. The van der Waals surface area contributed by atoms with Crippen molar-refractivity contribution in [1.29, 1.82) is 0 Å². The first-order valence-corrected chi connectivity index (χ1v) is 20.5. The van der Waals surface area contributed by atoms with Crippen LogP contribution >= 0.6 is 19.2 Å². The Morgan fingerprint density at radius 1 is 0.911 bits per heavy atom. The van der Waals surface area contributed by atoms with Crippen LogP contribution in [0.1, 0.15) is 59.6 Å². The average molecular weight is 839 g/mol. The number of hydrogen-bond acceptors (Lipinski definition) is 18. The molecule has 2 aromatic rings. The van der Waals surface area contributed by atoms with Gasteiger partial charge in [0, 0.05) is 26.5 Å². The van der Waals surface area contributed by atoms with Gasteiger partial charge in [-0.3, -0.25) is 23.2 Å². The van der Waals surface area contributed by atoms with Crippen LogP contribution in [0.2, 0.25) is 5.28 Å². The summed E-state index contributed by atoms with van der Waals surface area (Å²) in [6, 6.07) is 2.02. The Balaban J connectivity index is 1.38. The summed E-state index contributed by atoms with van der Waals surface area (Å²) in [7, 11) is -1.28.